The number of benzene rings is 2. The van der Waals surface area contributed by atoms with E-state index in [4.69, 9.17) is 9.84 Å². The number of allylic oxidation sites excluding steroid dienone is 6. The summed E-state index contributed by atoms with van der Waals surface area (Å²) in [6.45, 7) is 2.10. The summed E-state index contributed by atoms with van der Waals surface area (Å²) >= 11 is 3.26. The number of nitrogens with zero attached hydrogens (tertiary/aromatic N) is 1. The molecule has 1 fully saturated rings. The fraction of sp³-hybridized carbons (Fsp3) is 0.312. The van der Waals surface area contributed by atoms with E-state index in [0.717, 1.165) is 23.1 Å². The minimum atomic E-state index is -0.616. The molecule has 8 heteroatoms. The molecule has 204 valence electrons. The third-order valence-electron chi connectivity index (χ3n) is 8.51. The van der Waals surface area contributed by atoms with Crippen LogP contribution in [-0.4, -0.2) is 41.7 Å². The predicted molar refractivity (Wildman–Crippen MR) is 152 cm³/mol. The number of Topliss-reactive ketones (excluding diaryl/α,β-unsaturated/α-hetero) is 1. The molecule has 2 aromatic rings. The van der Waals surface area contributed by atoms with Crippen molar-refractivity contribution in [3.05, 3.63) is 93.0 Å². The SMILES string of the molecule is CCc1ccc(N2C(=O)C3CC=C4C(c5ccc(OCCO)cc5)C5=C(CC4C3C2=O)C(=O)C(Br)=CC5=O)cc1. The lowest BCUT2D eigenvalue weighted by molar-refractivity contribution is -0.123. The van der Waals surface area contributed by atoms with Crippen LogP contribution in [0.5, 0.6) is 5.75 Å². The molecule has 40 heavy (non-hydrogen) atoms. The number of rotatable bonds is 6. The molecule has 4 aliphatic rings. The molecule has 4 atom stereocenters. The molecule has 1 N–H and O–H groups in total. The van der Waals surface area contributed by atoms with Gasteiger partial charge in [-0.15, -0.1) is 0 Å². The molecular weight excluding hydrogens is 574 g/mol. The van der Waals surface area contributed by atoms with E-state index >= 15 is 0 Å². The number of hydrogen-bond acceptors (Lipinski definition) is 6. The second kappa shape index (κ2) is 10.4. The number of fused-ring (bicyclic) bond motifs is 3. The number of aliphatic hydroxyl groups is 1. The fourth-order valence-electron chi connectivity index (χ4n) is 6.64. The minimum absolute atomic E-state index is 0.109. The summed E-state index contributed by atoms with van der Waals surface area (Å²) in [5.41, 5.74) is 4.21. The smallest absolute Gasteiger partial charge is 0.238 e. The van der Waals surface area contributed by atoms with Gasteiger partial charge in [-0.25, -0.2) is 0 Å². The van der Waals surface area contributed by atoms with Crippen LogP contribution in [-0.2, 0) is 25.6 Å². The number of aryl methyl sites for hydroxylation is 1. The molecule has 0 aromatic heterocycles. The molecule has 0 radical (unpaired) electrons. The number of ether oxygens (including phenoxy) is 1. The van der Waals surface area contributed by atoms with Gasteiger partial charge in [-0.2, -0.15) is 0 Å². The first-order valence-electron chi connectivity index (χ1n) is 13.5. The Bertz CT molecular complexity index is 1520. The van der Waals surface area contributed by atoms with Crippen molar-refractivity contribution in [2.45, 2.75) is 32.1 Å². The van der Waals surface area contributed by atoms with Gasteiger partial charge in [-0.3, -0.25) is 24.1 Å². The number of hydrogen-bond donors (Lipinski definition) is 1. The highest BCUT2D eigenvalue weighted by molar-refractivity contribution is 9.12. The first-order valence-corrected chi connectivity index (χ1v) is 14.3. The molecular formula is C32H28BrNO6. The van der Waals surface area contributed by atoms with Gasteiger partial charge in [0.05, 0.1) is 28.6 Å². The predicted octanol–water partition coefficient (Wildman–Crippen LogP) is 4.59. The lowest BCUT2D eigenvalue weighted by Crippen LogP contribution is -2.39. The number of carbonyl (C=O) groups excluding carboxylic acids is 4. The average Bonchev–Trinajstić information content (AvgIpc) is 3.23. The van der Waals surface area contributed by atoms with Crippen molar-refractivity contribution in [1.29, 1.82) is 0 Å². The van der Waals surface area contributed by atoms with E-state index in [1.54, 1.807) is 12.1 Å². The number of anilines is 1. The van der Waals surface area contributed by atoms with Gasteiger partial charge in [0.25, 0.3) is 0 Å². The van der Waals surface area contributed by atoms with Crippen LogP contribution in [0.4, 0.5) is 5.69 Å². The van der Waals surface area contributed by atoms with Crippen LogP contribution in [0, 0.1) is 17.8 Å². The largest absolute Gasteiger partial charge is 0.491 e. The standard InChI is InChI=1S/C32H28BrNO6/c1-2-17-3-7-19(8-4-17)34-31(38)22-12-11-21-23(28(22)32(34)39)15-24-29(26(36)16-25(33)30(24)37)27(21)18-5-9-20(10-6-18)40-14-13-35/h3-11,16,22-23,27-28,35H,2,12-15H2,1H3. The van der Waals surface area contributed by atoms with Crippen LogP contribution < -0.4 is 9.64 Å². The molecule has 1 aliphatic heterocycles. The Morgan fingerprint density at radius 1 is 0.975 bits per heavy atom. The van der Waals surface area contributed by atoms with Gasteiger partial charge in [0.1, 0.15) is 12.4 Å². The first kappa shape index (κ1) is 26.6. The van der Waals surface area contributed by atoms with Gasteiger partial charge < -0.3 is 9.84 Å². The normalized spacial score (nSPS) is 25.8. The van der Waals surface area contributed by atoms with Gasteiger partial charge >= 0.3 is 0 Å². The Labute approximate surface area is 240 Å². The van der Waals surface area contributed by atoms with Crippen molar-refractivity contribution in [2.24, 2.45) is 17.8 Å². The van der Waals surface area contributed by atoms with E-state index in [2.05, 4.69) is 15.9 Å². The monoisotopic (exact) mass is 601 g/mol. The van der Waals surface area contributed by atoms with Crippen molar-refractivity contribution in [2.75, 3.05) is 18.1 Å². The van der Waals surface area contributed by atoms with Crippen LogP contribution in [0.15, 0.2) is 81.9 Å². The Kier molecular flexibility index (Phi) is 6.92. The molecule has 0 saturated carbocycles. The molecule has 7 nitrogen and oxygen atoms in total. The Morgan fingerprint density at radius 2 is 1.70 bits per heavy atom. The van der Waals surface area contributed by atoms with E-state index in [1.165, 1.54) is 11.0 Å². The summed E-state index contributed by atoms with van der Waals surface area (Å²) in [6, 6.07) is 14.7. The van der Waals surface area contributed by atoms with Crippen LogP contribution >= 0.6 is 15.9 Å². The maximum absolute atomic E-state index is 14.0. The Balaban J connectivity index is 1.42. The lowest BCUT2D eigenvalue weighted by Gasteiger charge is -2.42. The van der Waals surface area contributed by atoms with Crippen LogP contribution in [0.1, 0.15) is 36.8 Å². The molecule has 2 aromatic carbocycles. The van der Waals surface area contributed by atoms with Crippen LogP contribution in [0.2, 0.25) is 0 Å². The highest BCUT2D eigenvalue weighted by Crippen LogP contribution is 2.55. The summed E-state index contributed by atoms with van der Waals surface area (Å²) in [4.78, 5) is 55.6. The minimum Gasteiger partial charge on any atom is -0.491 e. The third kappa shape index (κ3) is 4.21. The zero-order chi connectivity index (χ0) is 28.1. The number of imide groups is 1. The van der Waals surface area contributed by atoms with Crippen molar-refractivity contribution in [1.82, 2.24) is 0 Å². The van der Waals surface area contributed by atoms with E-state index in [-0.39, 0.29) is 53.4 Å². The van der Waals surface area contributed by atoms with Crippen molar-refractivity contribution in [3.8, 4) is 5.75 Å². The van der Waals surface area contributed by atoms with Gasteiger partial charge in [0, 0.05) is 23.1 Å². The molecule has 1 heterocycles. The zero-order valence-corrected chi connectivity index (χ0v) is 23.5. The molecule has 0 bridgehead atoms. The summed E-state index contributed by atoms with van der Waals surface area (Å²) in [5, 5.41) is 9.08. The summed E-state index contributed by atoms with van der Waals surface area (Å²) in [7, 11) is 0. The molecule has 3 aliphatic carbocycles. The zero-order valence-electron chi connectivity index (χ0n) is 21.9. The van der Waals surface area contributed by atoms with Gasteiger partial charge in [0.2, 0.25) is 11.8 Å². The van der Waals surface area contributed by atoms with Gasteiger partial charge in [-0.1, -0.05) is 42.8 Å². The van der Waals surface area contributed by atoms with Crippen LogP contribution in [0.25, 0.3) is 0 Å². The highest BCUT2D eigenvalue weighted by Gasteiger charge is 2.56. The number of carbonyl (C=O) groups is 4. The Morgan fingerprint density at radius 3 is 2.38 bits per heavy atom. The second-order valence-corrected chi connectivity index (χ2v) is 11.4. The highest BCUT2D eigenvalue weighted by atomic mass is 79.9. The van der Waals surface area contributed by atoms with Crippen molar-refractivity contribution >= 4 is 45.0 Å². The molecule has 4 unspecified atom stereocenters. The van der Waals surface area contributed by atoms with E-state index in [9.17, 15) is 19.2 Å². The van der Waals surface area contributed by atoms with Crippen molar-refractivity contribution in [3.63, 3.8) is 0 Å². The fourth-order valence-corrected chi connectivity index (χ4v) is 7.09. The first-order chi connectivity index (χ1) is 19.3. The average molecular weight is 602 g/mol. The van der Waals surface area contributed by atoms with Gasteiger partial charge in [0.15, 0.2) is 11.6 Å². The third-order valence-corrected chi connectivity index (χ3v) is 9.10. The second-order valence-electron chi connectivity index (χ2n) is 10.6. The summed E-state index contributed by atoms with van der Waals surface area (Å²) in [5.74, 6) is -2.43. The maximum atomic E-state index is 14.0. The quantitative estimate of drug-likeness (QED) is 0.295. The lowest BCUT2D eigenvalue weighted by atomic mass is 9.59. The summed E-state index contributed by atoms with van der Waals surface area (Å²) in [6.07, 6.45) is 4.81. The van der Waals surface area contributed by atoms with Crippen LogP contribution in [0.3, 0.4) is 0 Å². The van der Waals surface area contributed by atoms with Gasteiger partial charge in [-0.05, 0) is 76.5 Å². The number of aliphatic hydroxyl groups excluding tert-OH is 1. The Hall–Kier alpha value is -3.62. The summed E-state index contributed by atoms with van der Waals surface area (Å²) < 4.78 is 5.72. The van der Waals surface area contributed by atoms with E-state index in [0.29, 0.717) is 29.0 Å². The van der Waals surface area contributed by atoms with Crippen molar-refractivity contribution < 1.29 is 29.0 Å². The molecule has 6 rings (SSSR count). The molecule has 1 saturated heterocycles. The van der Waals surface area contributed by atoms with E-state index in [1.807, 2.05) is 49.4 Å². The topological polar surface area (TPSA) is 101 Å². The maximum Gasteiger partial charge on any atom is 0.238 e. The number of ketones is 2. The number of halogens is 1. The number of amides is 2. The molecule has 0 spiro atoms. The van der Waals surface area contributed by atoms with E-state index < -0.39 is 17.8 Å². The molecule has 2 amide bonds.